The molecule has 1 rings (SSSR count). The number of aliphatic hydroxyl groups is 4. The van der Waals surface area contributed by atoms with E-state index in [1.165, 1.54) is 0 Å². The van der Waals surface area contributed by atoms with Gasteiger partial charge in [-0.3, -0.25) is 5.32 Å². The number of aliphatic hydroxyl groups excluding tert-OH is 4. The maximum absolute atomic E-state index is 9.74. The molecule has 0 spiro atoms. The molecular formula is C12H25NO5. The van der Waals surface area contributed by atoms with Crippen molar-refractivity contribution in [3.8, 4) is 0 Å². The predicted molar refractivity (Wildman–Crippen MR) is 65.9 cm³/mol. The van der Waals surface area contributed by atoms with Gasteiger partial charge in [0, 0.05) is 0 Å². The average molecular weight is 263 g/mol. The van der Waals surface area contributed by atoms with Crippen molar-refractivity contribution in [2.45, 2.75) is 63.3 Å². The second-order valence-corrected chi connectivity index (χ2v) is 4.76. The molecule has 5 atom stereocenters. The molecule has 1 saturated heterocycles. The Morgan fingerprint density at radius 1 is 1.00 bits per heavy atom. The highest BCUT2D eigenvalue weighted by molar-refractivity contribution is 4.90. The summed E-state index contributed by atoms with van der Waals surface area (Å²) in [6, 6.07) is 0. The van der Waals surface area contributed by atoms with E-state index in [-0.39, 0.29) is 6.61 Å². The molecule has 0 amide bonds. The van der Waals surface area contributed by atoms with Crippen LogP contribution in [0.5, 0.6) is 0 Å². The van der Waals surface area contributed by atoms with Gasteiger partial charge < -0.3 is 25.2 Å². The van der Waals surface area contributed by atoms with Gasteiger partial charge in [-0.2, -0.15) is 0 Å². The van der Waals surface area contributed by atoms with E-state index in [2.05, 4.69) is 12.2 Å². The first-order valence-electron chi connectivity index (χ1n) is 6.65. The molecule has 0 aromatic carbocycles. The van der Waals surface area contributed by atoms with Crippen molar-refractivity contribution in [2.75, 3.05) is 13.2 Å². The SMILES string of the molecule is CCCCCCN[C@@H]1O[C@H](CO)[C@@H](O)[C@H](O)[C@H]1O. The molecule has 0 radical (unpaired) electrons. The van der Waals surface area contributed by atoms with Crippen LogP contribution in [0.2, 0.25) is 0 Å². The lowest BCUT2D eigenvalue weighted by Crippen LogP contribution is -2.62. The lowest BCUT2D eigenvalue weighted by atomic mass is 9.98. The van der Waals surface area contributed by atoms with Gasteiger partial charge in [-0.05, 0) is 13.0 Å². The minimum Gasteiger partial charge on any atom is -0.394 e. The molecule has 6 nitrogen and oxygen atoms in total. The van der Waals surface area contributed by atoms with Gasteiger partial charge in [0.1, 0.15) is 30.6 Å². The van der Waals surface area contributed by atoms with Crippen molar-refractivity contribution in [1.29, 1.82) is 0 Å². The summed E-state index contributed by atoms with van der Waals surface area (Å²) < 4.78 is 5.32. The lowest BCUT2D eigenvalue weighted by Gasteiger charge is -2.40. The Hall–Kier alpha value is -0.240. The van der Waals surface area contributed by atoms with Crippen LogP contribution in [-0.2, 0) is 4.74 Å². The summed E-state index contributed by atoms with van der Waals surface area (Å²) >= 11 is 0. The molecule has 1 heterocycles. The number of hydrogen-bond donors (Lipinski definition) is 5. The van der Waals surface area contributed by atoms with Crippen LogP contribution in [-0.4, -0.2) is 64.2 Å². The molecule has 18 heavy (non-hydrogen) atoms. The fourth-order valence-corrected chi connectivity index (χ4v) is 2.07. The molecule has 108 valence electrons. The molecule has 0 aromatic rings. The molecule has 5 N–H and O–H groups in total. The summed E-state index contributed by atoms with van der Waals surface area (Å²) in [7, 11) is 0. The number of ether oxygens (including phenoxy) is 1. The van der Waals surface area contributed by atoms with E-state index < -0.39 is 30.6 Å². The standard InChI is InChI=1S/C12H25NO5/c1-2-3-4-5-6-13-12-11(17)10(16)9(15)8(7-14)18-12/h8-17H,2-7H2,1H3/t8-,9-,10+,11-,12-/m1/s1. The molecule has 1 aliphatic rings. The van der Waals surface area contributed by atoms with E-state index in [9.17, 15) is 15.3 Å². The fraction of sp³-hybridized carbons (Fsp3) is 1.00. The number of rotatable bonds is 7. The zero-order valence-electron chi connectivity index (χ0n) is 10.8. The van der Waals surface area contributed by atoms with Crippen molar-refractivity contribution < 1.29 is 25.2 Å². The van der Waals surface area contributed by atoms with Crippen LogP contribution < -0.4 is 5.32 Å². The van der Waals surface area contributed by atoms with Crippen LogP contribution in [0.15, 0.2) is 0 Å². The highest BCUT2D eigenvalue weighted by Gasteiger charge is 2.42. The van der Waals surface area contributed by atoms with Crippen molar-refractivity contribution >= 4 is 0 Å². The van der Waals surface area contributed by atoms with Crippen LogP contribution in [0.25, 0.3) is 0 Å². The Bertz CT molecular complexity index is 227. The van der Waals surface area contributed by atoms with Crippen molar-refractivity contribution in [3.63, 3.8) is 0 Å². The van der Waals surface area contributed by atoms with E-state index in [0.717, 1.165) is 25.7 Å². The molecule has 0 saturated carbocycles. The third kappa shape index (κ3) is 4.15. The third-order valence-corrected chi connectivity index (χ3v) is 3.27. The molecule has 0 bridgehead atoms. The minimum absolute atomic E-state index is 0.390. The van der Waals surface area contributed by atoms with E-state index in [1.807, 2.05) is 0 Å². The van der Waals surface area contributed by atoms with E-state index >= 15 is 0 Å². The van der Waals surface area contributed by atoms with Gasteiger partial charge in [0.15, 0.2) is 0 Å². The average Bonchev–Trinajstić information content (AvgIpc) is 2.38. The molecular weight excluding hydrogens is 238 g/mol. The monoisotopic (exact) mass is 263 g/mol. The molecule has 0 aliphatic carbocycles. The first kappa shape index (κ1) is 15.8. The summed E-state index contributed by atoms with van der Waals surface area (Å²) in [6.07, 6.45) is -0.986. The largest absolute Gasteiger partial charge is 0.394 e. The van der Waals surface area contributed by atoms with Gasteiger partial charge in [0.25, 0.3) is 0 Å². The summed E-state index contributed by atoms with van der Waals surface area (Å²) in [6.45, 7) is 2.41. The van der Waals surface area contributed by atoms with Crippen molar-refractivity contribution in [1.82, 2.24) is 5.32 Å². The highest BCUT2D eigenvalue weighted by atomic mass is 16.6. The second kappa shape index (κ2) is 8.04. The maximum atomic E-state index is 9.74. The zero-order chi connectivity index (χ0) is 13.5. The Kier molecular flexibility index (Phi) is 7.06. The number of nitrogens with one attached hydrogen (secondary N) is 1. The van der Waals surface area contributed by atoms with Crippen LogP contribution >= 0.6 is 0 Å². The molecule has 0 aromatic heterocycles. The first-order valence-corrected chi connectivity index (χ1v) is 6.65. The van der Waals surface area contributed by atoms with E-state index in [1.54, 1.807) is 0 Å². The zero-order valence-corrected chi connectivity index (χ0v) is 10.8. The number of hydrogen-bond acceptors (Lipinski definition) is 6. The molecule has 1 aliphatic heterocycles. The summed E-state index contributed by atoms with van der Waals surface area (Å²) in [4.78, 5) is 0. The number of unbranched alkanes of at least 4 members (excludes halogenated alkanes) is 3. The van der Waals surface area contributed by atoms with Gasteiger partial charge >= 0.3 is 0 Å². The van der Waals surface area contributed by atoms with Gasteiger partial charge in [0.05, 0.1) is 6.61 Å². The quantitative estimate of drug-likeness (QED) is 0.376. The van der Waals surface area contributed by atoms with Crippen LogP contribution in [0.3, 0.4) is 0 Å². The van der Waals surface area contributed by atoms with Crippen LogP contribution in [0.4, 0.5) is 0 Å². The normalized spacial score (nSPS) is 36.8. The van der Waals surface area contributed by atoms with Gasteiger partial charge in [-0.25, -0.2) is 0 Å². The smallest absolute Gasteiger partial charge is 0.137 e. The third-order valence-electron chi connectivity index (χ3n) is 3.27. The van der Waals surface area contributed by atoms with E-state index in [4.69, 9.17) is 9.84 Å². The van der Waals surface area contributed by atoms with Crippen LogP contribution in [0, 0.1) is 0 Å². The van der Waals surface area contributed by atoms with Crippen molar-refractivity contribution in [3.05, 3.63) is 0 Å². The summed E-state index contributed by atoms with van der Waals surface area (Å²) in [5, 5.41) is 40.9. The first-order chi connectivity index (χ1) is 8.61. The molecule has 1 fully saturated rings. The minimum atomic E-state index is -1.30. The Morgan fingerprint density at radius 2 is 1.72 bits per heavy atom. The summed E-state index contributed by atoms with van der Waals surface area (Å²) in [5.74, 6) is 0. The Morgan fingerprint density at radius 3 is 2.33 bits per heavy atom. The lowest BCUT2D eigenvalue weighted by molar-refractivity contribution is -0.236. The topological polar surface area (TPSA) is 102 Å². The Labute approximate surface area is 108 Å². The fourth-order valence-electron chi connectivity index (χ4n) is 2.07. The molecule has 0 unspecified atom stereocenters. The summed E-state index contributed by atoms with van der Waals surface area (Å²) in [5.41, 5.74) is 0. The second-order valence-electron chi connectivity index (χ2n) is 4.76. The highest BCUT2D eigenvalue weighted by Crippen LogP contribution is 2.19. The predicted octanol–water partition coefficient (Wildman–Crippen LogP) is -1.04. The maximum Gasteiger partial charge on any atom is 0.137 e. The van der Waals surface area contributed by atoms with Gasteiger partial charge in [-0.1, -0.05) is 26.2 Å². The Balaban J connectivity index is 2.35. The van der Waals surface area contributed by atoms with Crippen LogP contribution in [0.1, 0.15) is 32.6 Å². The van der Waals surface area contributed by atoms with E-state index in [0.29, 0.717) is 6.54 Å². The van der Waals surface area contributed by atoms with Gasteiger partial charge in [-0.15, -0.1) is 0 Å². The van der Waals surface area contributed by atoms with Gasteiger partial charge in [0.2, 0.25) is 0 Å². The molecule has 6 heteroatoms. The van der Waals surface area contributed by atoms with Crippen molar-refractivity contribution in [2.24, 2.45) is 0 Å².